The fourth-order valence-electron chi connectivity index (χ4n) is 2.55. The summed E-state index contributed by atoms with van der Waals surface area (Å²) < 4.78 is 0. The molecule has 0 aromatic heterocycles. The van der Waals surface area contributed by atoms with Crippen molar-refractivity contribution < 1.29 is 0 Å². The normalized spacial score (nSPS) is 16.3. The van der Waals surface area contributed by atoms with Gasteiger partial charge >= 0.3 is 0 Å². The first kappa shape index (κ1) is 13.4. The molecule has 0 radical (unpaired) electrons. The molecule has 18 heavy (non-hydrogen) atoms. The van der Waals surface area contributed by atoms with Crippen molar-refractivity contribution in [3.8, 4) is 0 Å². The fourth-order valence-corrected chi connectivity index (χ4v) is 2.55. The van der Waals surface area contributed by atoms with Crippen LogP contribution in [0.5, 0.6) is 0 Å². The van der Waals surface area contributed by atoms with Gasteiger partial charge in [-0.1, -0.05) is 32.0 Å². The molecule has 3 nitrogen and oxygen atoms in total. The molecule has 1 fully saturated rings. The van der Waals surface area contributed by atoms with Crippen LogP contribution in [0.3, 0.4) is 0 Å². The molecule has 1 heterocycles. The van der Waals surface area contributed by atoms with E-state index in [4.69, 9.17) is 0 Å². The standard InChI is InChI=1S/C15H25N3/c1-3-17(4-2)13-14-7-5-6-8-15(14)18-11-9-16-10-12-18/h5-8,16H,3-4,9-13H2,1-2H3. The zero-order chi connectivity index (χ0) is 12.8. The molecule has 0 amide bonds. The summed E-state index contributed by atoms with van der Waals surface area (Å²) >= 11 is 0. The summed E-state index contributed by atoms with van der Waals surface area (Å²) in [7, 11) is 0. The van der Waals surface area contributed by atoms with Crippen molar-refractivity contribution in [3.63, 3.8) is 0 Å². The minimum atomic E-state index is 1.06. The van der Waals surface area contributed by atoms with E-state index in [0.717, 1.165) is 45.8 Å². The van der Waals surface area contributed by atoms with Gasteiger partial charge in [-0.3, -0.25) is 4.90 Å². The Hall–Kier alpha value is -1.06. The highest BCUT2D eigenvalue weighted by molar-refractivity contribution is 5.54. The highest BCUT2D eigenvalue weighted by Gasteiger charge is 2.14. The molecule has 3 heteroatoms. The number of anilines is 1. The average molecular weight is 247 g/mol. The molecule has 1 aromatic carbocycles. The summed E-state index contributed by atoms with van der Waals surface area (Å²) in [6.45, 7) is 12.2. The highest BCUT2D eigenvalue weighted by atomic mass is 15.2. The lowest BCUT2D eigenvalue weighted by Gasteiger charge is -2.32. The molecule has 1 aromatic rings. The summed E-state index contributed by atoms with van der Waals surface area (Å²) in [6.07, 6.45) is 0. The third-order valence-corrected chi connectivity index (χ3v) is 3.74. The lowest BCUT2D eigenvalue weighted by atomic mass is 10.1. The van der Waals surface area contributed by atoms with E-state index < -0.39 is 0 Å². The van der Waals surface area contributed by atoms with Crippen LogP contribution in [0.4, 0.5) is 5.69 Å². The molecule has 1 N–H and O–H groups in total. The minimum absolute atomic E-state index is 1.06. The lowest BCUT2D eigenvalue weighted by molar-refractivity contribution is 0.296. The quantitative estimate of drug-likeness (QED) is 0.858. The first-order valence-corrected chi connectivity index (χ1v) is 7.11. The van der Waals surface area contributed by atoms with E-state index in [1.54, 1.807) is 0 Å². The number of rotatable bonds is 5. The predicted molar refractivity (Wildman–Crippen MR) is 78.1 cm³/mol. The Morgan fingerprint density at radius 2 is 1.78 bits per heavy atom. The molecule has 0 atom stereocenters. The maximum absolute atomic E-state index is 3.41. The molecule has 0 unspecified atom stereocenters. The summed E-state index contributed by atoms with van der Waals surface area (Å²) in [5.41, 5.74) is 2.88. The van der Waals surface area contributed by atoms with Crippen molar-refractivity contribution in [2.45, 2.75) is 20.4 Å². The van der Waals surface area contributed by atoms with Crippen LogP contribution < -0.4 is 10.2 Å². The zero-order valence-corrected chi connectivity index (χ0v) is 11.7. The van der Waals surface area contributed by atoms with E-state index in [1.807, 2.05) is 0 Å². The van der Waals surface area contributed by atoms with E-state index in [2.05, 4.69) is 53.2 Å². The third-order valence-electron chi connectivity index (χ3n) is 3.74. The van der Waals surface area contributed by atoms with Gasteiger partial charge in [-0.2, -0.15) is 0 Å². The molecule has 0 saturated carbocycles. The monoisotopic (exact) mass is 247 g/mol. The van der Waals surface area contributed by atoms with Crippen LogP contribution in [0.15, 0.2) is 24.3 Å². The second kappa shape index (κ2) is 6.76. The van der Waals surface area contributed by atoms with E-state index in [1.165, 1.54) is 11.3 Å². The SMILES string of the molecule is CCN(CC)Cc1ccccc1N1CCNCC1. The smallest absolute Gasteiger partial charge is 0.0412 e. The summed E-state index contributed by atoms with van der Waals surface area (Å²) in [5.74, 6) is 0. The van der Waals surface area contributed by atoms with Crippen molar-refractivity contribution in [1.82, 2.24) is 10.2 Å². The van der Waals surface area contributed by atoms with Gasteiger partial charge in [0, 0.05) is 38.4 Å². The molecule has 1 saturated heterocycles. The molecule has 1 aliphatic heterocycles. The lowest BCUT2D eigenvalue weighted by Crippen LogP contribution is -2.44. The molecule has 0 spiro atoms. The summed E-state index contributed by atoms with van der Waals surface area (Å²) in [6, 6.07) is 8.85. The molecule has 100 valence electrons. The van der Waals surface area contributed by atoms with Gasteiger partial charge in [-0.05, 0) is 24.7 Å². The maximum atomic E-state index is 3.41. The average Bonchev–Trinajstić information content (AvgIpc) is 2.46. The largest absolute Gasteiger partial charge is 0.369 e. The van der Waals surface area contributed by atoms with E-state index in [9.17, 15) is 0 Å². The van der Waals surface area contributed by atoms with Crippen molar-refractivity contribution >= 4 is 5.69 Å². The molecule has 0 aliphatic carbocycles. The number of nitrogens with one attached hydrogen (secondary N) is 1. The number of hydrogen-bond acceptors (Lipinski definition) is 3. The summed E-state index contributed by atoms with van der Waals surface area (Å²) in [5, 5.41) is 3.41. The van der Waals surface area contributed by atoms with Crippen molar-refractivity contribution in [2.75, 3.05) is 44.2 Å². The Morgan fingerprint density at radius 1 is 1.11 bits per heavy atom. The van der Waals surface area contributed by atoms with Gasteiger partial charge in [0.25, 0.3) is 0 Å². The summed E-state index contributed by atoms with van der Waals surface area (Å²) in [4.78, 5) is 4.98. The number of piperazine rings is 1. The van der Waals surface area contributed by atoms with Crippen LogP contribution in [0, 0.1) is 0 Å². The van der Waals surface area contributed by atoms with Crippen LogP contribution >= 0.6 is 0 Å². The number of benzene rings is 1. The van der Waals surface area contributed by atoms with Crippen LogP contribution in [0.2, 0.25) is 0 Å². The Bertz CT molecular complexity index is 355. The Labute approximate surface area is 111 Å². The topological polar surface area (TPSA) is 18.5 Å². The Balaban J connectivity index is 2.13. The van der Waals surface area contributed by atoms with Gasteiger partial charge in [0.15, 0.2) is 0 Å². The zero-order valence-electron chi connectivity index (χ0n) is 11.7. The number of para-hydroxylation sites is 1. The van der Waals surface area contributed by atoms with E-state index >= 15 is 0 Å². The van der Waals surface area contributed by atoms with Crippen LogP contribution in [-0.4, -0.2) is 44.2 Å². The maximum Gasteiger partial charge on any atom is 0.0412 e. The molecular weight excluding hydrogens is 222 g/mol. The fraction of sp³-hybridized carbons (Fsp3) is 0.600. The van der Waals surface area contributed by atoms with E-state index in [0.29, 0.717) is 0 Å². The third kappa shape index (κ3) is 3.24. The molecular formula is C15H25N3. The minimum Gasteiger partial charge on any atom is -0.369 e. The number of nitrogens with zero attached hydrogens (tertiary/aromatic N) is 2. The van der Waals surface area contributed by atoms with Gasteiger partial charge in [-0.25, -0.2) is 0 Å². The van der Waals surface area contributed by atoms with Gasteiger partial charge in [0.1, 0.15) is 0 Å². The van der Waals surface area contributed by atoms with Crippen molar-refractivity contribution in [3.05, 3.63) is 29.8 Å². The molecule has 0 bridgehead atoms. The van der Waals surface area contributed by atoms with Crippen LogP contribution in [-0.2, 0) is 6.54 Å². The highest BCUT2D eigenvalue weighted by Crippen LogP contribution is 2.22. The van der Waals surface area contributed by atoms with Crippen LogP contribution in [0.1, 0.15) is 19.4 Å². The van der Waals surface area contributed by atoms with E-state index in [-0.39, 0.29) is 0 Å². The van der Waals surface area contributed by atoms with Gasteiger partial charge < -0.3 is 10.2 Å². The van der Waals surface area contributed by atoms with Crippen LogP contribution in [0.25, 0.3) is 0 Å². The first-order chi connectivity index (χ1) is 8.85. The Kier molecular flexibility index (Phi) is 5.02. The van der Waals surface area contributed by atoms with Gasteiger partial charge in [-0.15, -0.1) is 0 Å². The first-order valence-electron chi connectivity index (χ1n) is 7.11. The Morgan fingerprint density at radius 3 is 2.44 bits per heavy atom. The second-order valence-corrected chi connectivity index (χ2v) is 4.83. The van der Waals surface area contributed by atoms with Crippen molar-refractivity contribution in [1.29, 1.82) is 0 Å². The van der Waals surface area contributed by atoms with Crippen molar-refractivity contribution in [2.24, 2.45) is 0 Å². The predicted octanol–water partition coefficient (Wildman–Crippen LogP) is 1.94. The molecule has 2 rings (SSSR count). The molecule has 1 aliphatic rings. The number of hydrogen-bond donors (Lipinski definition) is 1. The van der Waals surface area contributed by atoms with Gasteiger partial charge in [0.2, 0.25) is 0 Å². The second-order valence-electron chi connectivity index (χ2n) is 4.83. The van der Waals surface area contributed by atoms with Gasteiger partial charge in [0.05, 0.1) is 0 Å².